The highest BCUT2D eigenvalue weighted by Crippen LogP contribution is 2.29. The lowest BCUT2D eigenvalue weighted by atomic mass is 10.1. The van der Waals surface area contributed by atoms with Crippen LogP contribution in [0.2, 0.25) is 0 Å². The summed E-state index contributed by atoms with van der Waals surface area (Å²) in [6.45, 7) is 1.97. The van der Waals surface area contributed by atoms with Crippen LogP contribution in [0.25, 0.3) is 0 Å². The van der Waals surface area contributed by atoms with Gasteiger partial charge in [0.1, 0.15) is 11.6 Å². The minimum Gasteiger partial charge on any atom is -0.494 e. The number of halogens is 1. The molecule has 0 aliphatic carbocycles. The highest BCUT2D eigenvalue weighted by molar-refractivity contribution is 5.57. The van der Waals surface area contributed by atoms with Crippen LogP contribution in [-0.2, 0) is 0 Å². The van der Waals surface area contributed by atoms with Crippen molar-refractivity contribution in [2.45, 2.75) is 13.0 Å². The van der Waals surface area contributed by atoms with Gasteiger partial charge in [0.05, 0.1) is 24.4 Å². The van der Waals surface area contributed by atoms with Crippen molar-refractivity contribution in [3.8, 4) is 11.8 Å². The van der Waals surface area contributed by atoms with E-state index in [-0.39, 0.29) is 11.9 Å². The van der Waals surface area contributed by atoms with Crippen molar-refractivity contribution in [2.24, 2.45) is 0 Å². The molecule has 2 rings (SSSR count). The van der Waals surface area contributed by atoms with Crippen LogP contribution >= 0.6 is 0 Å². The molecule has 0 fully saturated rings. The second-order valence-corrected chi connectivity index (χ2v) is 4.45. The van der Waals surface area contributed by atoms with Crippen LogP contribution in [0, 0.1) is 17.1 Å². The minimum atomic E-state index is -0.341. The van der Waals surface area contributed by atoms with Gasteiger partial charge < -0.3 is 10.1 Å². The maximum atomic E-state index is 13.1. The summed E-state index contributed by atoms with van der Waals surface area (Å²) >= 11 is 0. The molecule has 2 aromatic rings. The van der Waals surface area contributed by atoms with Crippen LogP contribution in [0.4, 0.5) is 10.1 Å². The molecule has 0 aromatic heterocycles. The molecule has 20 heavy (non-hydrogen) atoms. The maximum Gasteiger partial charge on any atom is 0.144 e. The van der Waals surface area contributed by atoms with Gasteiger partial charge in [-0.1, -0.05) is 12.1 Å². The largest absolute Gasteiger partial charge is 0.494 e. The van der Waals surface area contributed by atoms with Crippen molar-refractivity contribution >= 4 is 5.69 Å². The summed E-state index contributed by atoms with van der Waals surface area (Å²) in [6.07, 6.45) is 0. The van der Waals surface area contributed by atoms with Gasteiger partial charge in [-0.3, -0.25) is 0 Å². The highest BCUT2D eigenvalue weighted by atomic mass is 19.1. The molecular weight excluding hydrogens is 255 g/mol. The van der Waals surface area contributed by atoms with E-state index in [4.69, 9.17) is 10.00 Å². The number of hydrogen-bond donors (Lipinski definition) is 1. The van der Waals surface area contributed by atoms with Gasteiger partial charge in [0.15, 0.2) is 0 Å². The minimum absolute atomic E-state index is 0.0253. The summed E-state index contributed by atoms with van der Waals surface area (Å²) in [5.74, 6) is 0.111. The number of anilines is 1. The van der Waals surface area contributed by atoms with E-state index >= 15 is 0 Å². The van der Waals surface area contributed by atoms with Crippen LogP contribution in [0.15, 0.2) is 42.5 Å². The molecule has 0 bridgehead atoms. The molecule has 1 unspecified atom stereocenters. The summed E-state index contributed by atoms with van der Waals surface area (Å²) in [6, 6.07) is 13.8. The van der Waals surface area contributed by atoms with E-state index in [2.05, 4.69) is 11.4 Å². The molecule has 3 nitrogen and oxygen atoms in total. The number of nitriles is 1. The lowest BCUT2D eigenvalue weighted by Crippen LogP contribution is -2.08. The molecule has 0 aliphatic rings. The summed E-state index contributed by atoms with van der Waals surface area (Å²) in [5.41, 5.74) is 2.31. The molecular formula is C16H15FN2O. The summed E-state index contributed by atoms with van der Waals surface area (Å²) in [7, 11) is 1.50. The average Bonchev–Trinajstić information content (AvgIpc) is 2.49. The van der Waals surface area contributed by atoms with Crippen molar-refractivity contribution in [2.75, 3.05) is 12.4 Å². The zero-order valence-corrected chi connectivity index (χ0v) is 11.4. The van der Waals surface area contributed by atoms with Gasteiger partial charge in [-0.05, 0) is 36.8 Å². The number of ether oxygens (including phenoxy) is 1. The van der Waals surface area contributed by atoms with Gasteiger partial charge in [0.2, 0.25) is 0 Å². The molecule has 0 saturated heterocycles. The molecule has 0 aliphatic heterocycles. The maximum absolute atomic E-state index is 13.1. The predicted molar refractivity (Wildman–Crippen MR) is 76.1 cm³/mol. The standard InChI is InChI=1S/C16H15FN2O/c1-11(13-5-3-4-12(8-13)10-18)19-15-7-6-14(17)9-16(15)20-2/h3-9,11,19H,1-2H3. The Bertz CT molecular complexity index is 649. The smallest absolute Gasteiger partial charge is 0.144 e. The Hall–Kier alpha value is -2.54. The Morgan fingerprint density at radius 3 is 2.75 bits per heavy atom. The highest BCUT2D eigenvalue weighted by Gasteiger charge is 2.10. The van der Waals surface area contributed by atoms with E-state index in [0.717, 1.165) is 5.56 Å². The normalized spacial score (nSPS) is 11.5. The molecule has 4 heteroatoms. The van der Waals surface area contributed by atoms with Crippen LogP contribution in [0.1, 0.15) is 24.1 Å². The molecule has 2 aromatic carbocycles. The number of hydrogen-bond acceptors (Lipinski definition) is 3. The molecule has 0 radical (unpaired) electrons. The Morgan fingerprint density at radius 2 is 2.05 bits per heavy atom. The van der Waals surface area contributed by atoms with Gasteiger partial charge in [0.25, 0.3) is 0 Å². The Kier molecular flexibility index (Phi) is 4.21. The molecule has 102 valence electrons. The molecule has 0 spiro atoms. The van der Waals surface area contributed by atoms with Crippen LogP contribution in [0.5, 0.6) is 5.75 Å². The monoisotopic (exact) mass is 270 g/mol. The van der Waals surface area contributed by atoms with Gasteiger partial charge in [-0.15, -0.1) is 0 Å². The van der Waals surface area contributed by atoms with Crippen molar-refractivity contribution in [3.05, 3.63) is 59.4 Å². The van der Waals surface area contributed by atoms with E-state index < -0.39 is 0 Å². The van der Waals surface area contributed by atoms with E-state index in [1.165, 1.54) is 19.2 Å². The number of rotatable bonds is 4. The first-order valence-corrected chi connectivity index (χ1v) is 6.24. The Balaban J connectivity index is 2.23. The lowest BCUT2D eigenvalue weighted by Gasteiger charge is -2.18. The van der Waals surface area contributed by atoms with Crippen LogP contribution in [-0.4, -0.2) is 7.11 Å². The van der Waals surface area contributed by atoms with Crippen molar-refractivity contribution < 1.29 is 9.13 Å². The average molecular weight is 270 g/mol. The first-order chi connectivity index (χ1) is 9.63. The summed E-state index contributed by atoms with van der Waals surface area (Å²) in [4.78, 5) is 0. The van der Waals surface area contributed by atoms with Crippen molar-refractivity contribution in [1.29, 1.82) is 5.26 Å². The third-order valence-electron chi connectivity index (χ3n) is 3.05. The fourth-order valence-electron chi connectivity index (χ4n) is 1.98. The number of nitrogens with zero attached hydrogens (tertiary/aromatic N) is 1. The van der Waals surface area contributed by atoms with Gasteiger partial charge >= 0.3 is 0 Å². The zero-order chi connectivity index (χ0) is 14.5. The first kappa shape index (κ1) is 13.9. The molecule has 0 amide bonds. The number of methoxy groups -OCH3 is 1. The topological polar surface area (TPSA) is 45.0 Å². The van der Waals surface area contributed by atoms with Gasteiger partial charge in [-0.2, -0.15) is 5.26 Å². The summed E-state index contributed by atoms with van der Waals surface area (Å²) < 4.78 is 18.3. The van der Waals surface area contributed by atoms with Gasteiger partial charge in [0, 0.05) is 12.1 Å². The Morgan fingerprint density at radius 1 is 1.25 bits per heavy atom. The predicted octanol–water partition coefficient (Wildman–Crippen LogP) is 3.88. The quantitative estimate of drug-likeness (QED) is 0.917. The second-order valence-electron chi connectivity index (χ2n) is 4.45. The molecule has 0 heterocycles. The third-order valence-corrected chi connectivity index (χ3v) is 3.05. The van der Waals surface area contributed by atoms with E-state index in [1.54, 1.807) is 12.1 Å². The van der Waals surface area contributed by atoms with Crippen molar-refractivity contribution in [1.82, 2.24) is 0 Å². The van der Waals surface area contributed by atoms with Crippen LogP contribution in [0.3, 0.4) is 0 Å². The van der Waals surface area contributed by atoms with Crippen molar-refractivity contribution in [3.63, 3.8) is 0 Å². The SMILES string of the molecule is COc1cc(F)ccc1NC(C)c1cccc(C#N)c1. The van der Waals surface area contributed by atoms with E-state index in [1.807, 2.05) is 25.1 Å². The third kappa shape index (κ3) is 3.07. The fraction of sp³-hybridized carbons (Fsp3) is 0.188. The lowest BCUT2D eigenvalue weighted by molar-refractivity contribution is 0.412. The second kappa shape index (κ2) is 6.07. The zero-order valence-electron chi connectivity index (χ0n) is 11.4. The Labute approximate surface area is 117 Å². The molecule has 1 atom stereocenters. The van der Waals surface area contributed by atoms with Gasteiger partial charge in [-0.25, -0.2) is 4.39 Å². The summed E-state index contributed by atoms with van der Waals surface area (Å²) in [5, 5.41) is 12.2. The molecule has 0 saturated carbocycles. The van der Waals surface area contributed by atoms with E-state index in [0.29, 0.717) is 17.0 Å². The molecule has 1 N–H and O–H groups in total. The fourth-order valence-corrected chi connectivity index (χ4v) is 1.98. The van der Waals surface area contributed by atoms with E-state index in [9.17, 15) is 4.39 Å². The first-order valence-electron chi connectivity index (χ1n) is 6.24. The number of nitrogens with one attached hydrogen (secondary N) is 1. The van der Waals surface area contributed by atoms with Crippen LogP contribution < -0.4 is 10.1 Å². The number of benzene rings is 2.